The first kappa shape index (κ1) is 20.3. The highest BCUT2D eigenvalue weighted by Gasteiger charge is 2.21. The van der Waals surface area contributed by atoms with E-state index < -0.39 is 23.8 Å². The number of anilines is 1. The summed E-state index contributed by atoms with van der Waals surface area (Å²) in [6, 6.07) is 3.99. The van der Waals surface area contributed by atoms with Crippen LogP contribution in [0.25, 0.3) is 0 Å². The fourth-order valence-electron chi connectivity index (χ4n) is 2.39. The second-order valence-corrected chi connectivity index (χ2v) is 6.99. The van der Waals surface area contributed by atoms with Gasteiger partial charge in [-0.3, -0.25) is 14.8 Å². The van der Waals surface area contributed by atoms with Crippen LogP contribution in [-0.2, 0) is 17.9 Å². The van der Waals surface area contributed by atoms with E-state index in [0.29, 0.717) is 11.3 Å². The molecule has 1 N–H and O–H groups in total. The predicted molar refractivity (Wildman–Crippen MR) is 98.8 cm³/mol. The lowest BCUT2D eigenvalue weighted by molar-refractivity contribution is -0.117. The molecule has 3 rings (SSSR count). The van der Waals surface area contributed by atoms with Gasteiger partial charge in [-0.2, -0.15) is 5.10 Å². The molecule has 0 aliphatic heterocycles. The number of aromatic nitrogens is 5. The molecule has 148 valence electrons. The SMILES string of the molecule is Cc1c(Br)c(C(F)F)nn1CC(=O)Nc1ncn(Cc2ccc(F)cc2Cl)n1. The van der Waals surface area contributed by atoms with Crippen LogP contribution < -0.4 is 5.32 Å². The molecule has 0 aliphatic rings. The molecule has 0 unspecified atom stereocenters. The molecule has 0 atom stereocenters. The van der Waals surface area contributed by atoms with Gasteiger partial charge in [-0.1, -0.05) is 17.7 Å². The normalized spacial score (nSPS) is 11.2. The Bertz CT molecular complexity index is 1020. The molecule has 7 nitrogen and oxygen atoms in total. The molecule has 2 aromatic heterocycles. The van der Waals surface area contributed by atoms with Crippen LogP contribution >= 0.6 is 27.5 Å². The van der Waals surface area contributed by atoms with Crippen molar-refractivity contribution < 1.29 is 18.0 Å². The van der Waals surface area contributed by atoms with Crippen LogP contribution in [0.4, 0.5) is 19.1 Å². The molecule has 0 fully saturated rings. The molecule has 1 amide bonds. The van der Waals surface area contributed by atoms with Crippen molar-refractivity contribution in [2.75, 3.05) is 5.32 Å². The van der Waals surface area contributed by atoms with Crippen molar-refractivity contribution in [2.24, 2.45) is 0 Å². The fraction of sp³-hybridized carbons (Fsp3) is 0.250. The van der Waals surface area contributed by atoms with Gasteiger partial charge in [0, 0.05) is 5.02 Å². The van der Waals surface area contributed by atoms with E-state index in [1.54, 1.807) is 6.92 Å². The number of rotatable bonds is 6. The molecule has 0 bridgehead atoms. The van der Waals surface area contributed by atoms with E-state index in [0.717, 1.165) is 4.68 Å². The minimum absolute atomic E-state index is 0.0289. The zero-order valence-electron chi connectivity index (χ0n) is 14.3. The number of benzene rings is 1. The third-order valence-corrected chi connectivity index (χ3v) is 5.13. The lowest BCUT2D eigenvalue weighted by Crippen LogP contribution is -2.21. The zero-order valence-corrected chi connectivity index (χ0v) is 16.7. The van der Waals surface area contributed by atoms with E-state index >= 15 is 0 Å². The van der Waals surface area contributed by atoms with E-state index in [4.69, 9.17) is 11.6 Å². The van der Waals surface area contributed by atoms with Crippen LogP contribution in [0, 0.1) is 12.7 Å². The molecule has 12 heteroatoms. The summed E-state index contributed by atoms with van der Waals surface area (Å²) < 4.78 is 41.6. The first-order chi connectivity index (χ1) is 13.2. The van der Waals surface area contributed by atoms with E-state index in [1.807, 2.05) is 0 Å². The smallest absolute Gasteiger partial charge is 0.283 e. The summed E-state index contributed by atoms with van der Waals surface area (Å²) in [5.74, 6) is -0.950. The molecule has 2 heterocycles. The lowest BCUT2D eigenvalue weighted by Gasteiger charge is -2.05. The van der Waals surface area contributed by atoms with Crippen LogP contribution in [0.1, 0.15) is 23.4 Å². The Morgan fingerprint density at radius 2 is 2.11 bits per heavy atom. The summed E-state index contributed by atoms with van der Waals surface area (Å²) >= 11 is 9.02. The van der Waals surface area contributed by atoms with Crippen LogP contribution in [0.2, 0.25) is 5.02 Å². The highest BCUT2D eigenvalue weighted by molar-refractivity contribution is 9.10. The summed E-state index contributed by atoms with van der Waals surface area (Å²) in [5.41, 5.74) is 0.598. The molecule has 0 saturated carbocycles. The number of nitrogens with one attached hydrogen (secondary N) is 1. The van der Waals surface area contributed by atoms with Gasteiger partial charge >= 0.3 is 0 Å². The Morgan fingerprint density at radius 1 is 1.36 bits per heavy atom. The van der Waals surface area contributed by atoms with Crippen LogP contribution in [-0.4, -0.2) is 30.5 Å². The molecule has 0 radical (unpaired) electrons. The standard InChI is InChI=1S/C16H13BrClF3N6O/c1-8-13(17)14(15(20)21)24-27(8)6-12(28)23-16-22-7-26(25-16)5-9-2-3-10(19)4-11(9)18/h2-4,7,15H,5-6H2,1H3,(H,23,25,28). The van der Waals surface area contributed by atoms with Crippen molar-refractivity contribution >= 4 is 39.4 Å². The largest absolute Gasteiger partial charge is 0.292 e. The molecule has 28 heavy (non-hydrogen) atoms. The van der Waals surface area contributed by atoms with Gasteiger partial charge in [0.15, 0.2) is 0 Å². The monoisotopic (exact) mass is 476 g/mol. The molecule has 3 aromatic rings. The lowest BCUT2D eigenvalue weighted by atomic mass is 10.2. The number of nitrogens with zero attached hydrogens (tertiary/aromatic N) is 5. The number of carbonyl (C=O) groups excluding carboxylic acids is 1. The first-order valence-corrected chi connectivity index (χ1v) is 9.06. The van der Waals surface area contributed by atoms with Gasteiger partial charge in [0.25, 0.3) is 6.43 Å². The maximum absolute atomic E-state index is 13.1. The van der Waals surface area contributed by atoms with Crippen LogP contribution in [0.3, 0.4) is 0 Å². The van der Waals surface area contributed by atoms with E-state index in [-0.39, 0.29) is 28.5 Å². The molecule has 0 spiro atoms. The Balaban J connectivity index is 1.65. The van der Waals surface area contributed by atoms with Crippen molar-refractivity contribution in [3.05, 3.63) is 56.8 Å². The van der Waals surface area contributed by atoms with Gasteiger partial charge in [0.2, 0.25) is 11.9 Å². The van der Waals surface area contributed by atoms with Gasteiger partial charge in [-0.25, -0.2) is 22.8 Å². The summed E-state index contributed by atoms with van der Waals surface area (Å²) in [4.78, 5) is 16.1. The third kappa shape index (κ3) is 4.53. The van der Waals surface area contributed by atoms with Gasteiger partial charge in [0.1, 0.15) is 24.4 Å². The van der Waals surface area contributed by atoms with Crippen molar-refractivity contribution in [1.82, 2.24) is 24.5 Å². The topological polar surface area (TPSA) is 77.6 Å². The van der Waals surface area contributed by atoms with Crippen molar-refractivity contribution in [3.63, 3.8) is 0 Å². The van der Waals surface area contributed by atoms with Gasteiger partial charge < -0.3 is 0 Å². The van der Waals surface area contributed by atoms with Crippen LogP contribution in [0.5, 0.6) is 0 Å². The average Bonchev–Trinajstić information content (AvgIpc) is 3.16. The van der Waals surface area contributed by atoms with E-state index in [1.165, 1.54) is 29.2 Å². The number of hydrogen-bond acceptors (Lipinski definition) is 4. The highest BCUT2D eigenvalue weighted by atomic mass is 79.9. The molecule has 1 aromatic carbocycles. The maximum Gasteiger partial charge on any atom is 0.283 e. The fourth-order valence-corrected chi connectivity index (χ4v) is 3.08. The molecule has 0 saturated heterocycles. The quantitative estimate of drug-likeness (QED) is 0.583. The Morgan fingerprint density at radius 3 is 2.75 bits per heavy atom. The van der Waals surface area contributed by atoms with Crippen molar-refractivity contribution in [3.8, 4) is 0 Å². The Hall–Kier alpha value is -2.40. The number of carbonyl (C=O) groups is 1. The van der Waals surface area contributed by atoms with Crippen molar-refractivity contribution in [1.29, 1.82) is 0 Å². The number of amides is 1. The molecular weight excluding hydrogens is 465 g/mol. The highest BCUT2D eigenvalue weighted by Crippen LogP contribution is 2.28. The summed E-state index contributed by atoms with van der Waals surface area (Å²) in [5, 5.41) is 10.5. The molecule has 0 aliphatic carbocycles. The van der Waals surface area contributed by atoms with Gasteiger partial charge in [-0.15, -0.1) is 5.10 Å². The summed E-state index contributed by atoms with van der Waals surface area (Å²) in [6.07, 6.45) is -1.38. The average molecular weight is 478 g/mol. The Labute approximate surface area is 170 Å². The number of halogens is 5. The number of hydrogen-bond donors (Lipinski definition) is 1. The molecular formula is C16H13BrClF3N6O. The van der Waals surface area contributed by atoms with E-state index in [9.17, 15) is 18.0 Å². The zero-order chi connectivity index (χ0) is 20.4. The predicted octanol–water partition coefficient (Wildman–Crippen LogP) is 3.96. The van der Waals surface area contributed by atoms with Gasteiger partial charge in [-0.05, 0) is 40.5 Å². The number of alkyl halides is 2. The van der Waals surface area contributed by atoms with Gasteiger partial charge in [0.05, 0.1) is 16.7 Å². The maximum atomic E-state index is 13.1. The van der Waals surface area contributed by atoms with Crippen LogP contribution in [0.15, 0.2) is 29.0 Å². The summed E-state index contributed by atoms with van der Waals surface area (Å²) in [6.45, 7) is 1.51. The van der Waals surface area contributed by atoms with E-state index in [2.05, 4.69) is 36.4 Å². The second-order valence-electron chi connectivity index (χ2n) is 5.79. The van der Waals surface area contributed by atoms with Crippen molar-refractivity contribution in [2.45, 2.75) is 26.4 Å². The summed E-state index contributed by atoms with van der Waals surface area (Å²) in [7, 11) is 0. The minimum atomic E-state index is -2.76. The second kappa shape index (κ2) is 8.31. The first-order valence-electron chi connectivity index (χ1n) is 7.88. The minimum Gasteiger partial charge on any atom is -0.292 e. The Kier molecular flexibility index (Phi) is 6.04. The third-order valence-electron chi connectivity index (χ3n) is 3.79.